The van der Waals surface area contributed by atoms with E-state index in [1.54, 1.807) is 6.26 Å². The Morgan fingerprint density at radius 1 is 1.35 bits per heavy atom. The van der Waals surface area contributed by atoms with Crippen LogP contribution in [0.1, 0.15) is 11.3 Å². The molecule has 0 bridgehead atoms. The highest BCUT2D eigenvalue weighted by Crippen LogP contribution is 2.07. The Morgan fingerprint density at radius 3 is 2.78 bits per heavy atom. The van der Waals surface area contributed by atoms with Crippen LogP contribution in [0.25, 0.3) is 0 Å². The summed E-state index contributed by atoms with van der Waals surface area (Å²) in [4.78, 5) is 9.06. The molecule has 1 N–H and O–H groups in total. The predicted molar refractivity (Wildman–Crippen MR) is 86.8 cm³/mol. The maximum absolute atomic E-state index is 4.89. The Balaban J connectivity index is 1.47. The molecule has 0 amide bonds. The molecule has 3 rings (SSSR count). The molecular weight excluding hydrogens is 294 g/mol. The second-order valence-electron chi connectivity index (χ2n) is 5.68. The first-order valence-corrected chi connectivity index (χ1v) is 7.79. The summed E-state index contributed by atoms with van der Waals surface area (Å²) in [5.41, 5.74) is 2.14. The van der Waals surface area contributed by atoms with Crippen LogP contribution in [0.5, 0.6) is 0 Å². The summed E-state index contributed by atoms with van der Waals surface area (Å²) in [5, 5.41) is 11.6. The van der Waals surface area contributed by atoms with Gasteiger partial charge in [0.2, 0.25) is 0 Å². The van der Waals surface area contributed by atoms with Crippen molar-refractivity contribution in [3.8, 4) is 0 Å². The molecule has 0 unspecified atom stereocenters. The van der Waals surface area contributed by atoms with Gasteiger partial charge in [0.25, 0.3) is 0 Å². The quantitative estimate of drug-likeness (QED) is 0.646. The monoisotopic (exact) mass is 317 g/mol. The second kappa shape index (κ2) is 7.28. The fourth-order valence-electron chi connectivity index (χ4n) is 2.74. The van der Waals surface area contributed by atoms with Gasteiger partial charge in [-0.25, -0.2) is 0 Å². The number of nitrogens with one attached hydrogen (secondary N) is 1. The summed E-state index contributed by atoms with van der Waals surface area (Å²) < 4.78 is 6.69. The number of guanidine groups is 1. The van der Waals surface area contributed by atoms with Crippen molar-refractivity contribution in [2.75, 3.05) is 33.2 Å². The normalized spacial score (nSPS) is 16.8. The highest BCUT2D eigenvalue weighted by molar-refractivity contribution is 5.79. The molecule has 2 aromatic rings. The van der Waals surface area contributed by atoms with E-state index >= 15 is 0 Å². The van der Waals surface area contributed by atoms with Gasteiger partial charge in [0.15, 0.2) is 5.96 Å². The maximum atomic E-state index is 4.89. The van der Waals surface area contributed by atoms with Gasteiger partial charge < -0.3 is 14.7 Å². The molecule has 0 aromatic carbocycles. The van der Waals surface area contributed by atoms with Crippen LogP contribution in [0.4, 0.5) is 0 Å². The van der Waals surface area contributed by atoms with Crippen LogP contribution in [0.3, 0.4) is 0 Å². The number of aryl methyl sites for hydroxylation is 1. The van der Waals surface area contributed by atoms with Gasteiger partial charge in [0, 0.05) is 71.2 Å². The molecular formula is C15H23N7O. The second-order valence-corrected chi connectivity index (χ2v) is 5.68. The third kappa shape index (κ3) is 4.10. The van der Waals surface area contributed by atoms with Gasteiger partial charge in [-0.1, -0.05) is 5.16 Å². The first kappa shape index (κ1) is 15.5. The van der Waals surface area contributed by atoms with Gasteiger partial charge in [-0.2, -0.15) is 5.10 Å². The summed E-state index contributed by atoms with van der Waals surface area (Å²) >= 11 is 0. The molecule has 124 valence electrons. The van der Waals surface area contributed by atoms with Crippen LogP contribution in [0.15, 0.2) is 34.2 Å². The van der Waals surface area contributed by atoms with Gasteiger partial charge in [-0.15, -0.1) is 0 Å². The third-order valence-electron chi connectivity index (χ3n) is 3.97. The van der Waals surface area contributed by atoms with E-state index in [-0.39, 0.29) is 0 Å². The third-order valence-corrected chi connectivity index (χ3v) is 3.97. The zero-order valence-electron chi connectivity index (χ0n) is 13.6. The Hall–Kier alpha value is -2.35. The molecule has 1 fully saturated rings. The number of hydrogen-bond donors (Lipinski definition) is 1. The summed E-state index contributed by atoms with van der Waals surface area (Å²) in [7, 11) is 3.75. The van der Waals surface area contributed by atoms with Crippen LogP contribution in [0, 0.1) is 0 Å². The molecule has 23 heavy (non-hydrogen) atoms. The standard InChI is InChI=1S/C15H23N7O/c1-16-15(17-9-13-10-18-20(2)11-13)22-6-4-21(5-7-22)12-14-3-8-23-19-14/h3,8,10-11H,4-7,9,12H2,1-2H3,(H,16,17). The van der Waals surface area contributed by atoms with Crippen molar-refractivity contribution in [3.63, 3.8) is 0 Å². The molecule has 3 heterocycles. The van der Waals surface area contributed by atoms with Crippen molar-refractivity contribution in [2.24, 2.45) is 12.0 Å². The molecule has 8 nitrogen and oxygen atoms in total. The smallest absolute Gasteiger partial charge is 0.194 e. The van der Waals surface area contributed by atoms with E-state index in [9.17, 15) is 0 Å². The van der Waals surface area contributed by atoms with Crippen LogP contribution in [-0.2, 0) is 20.1 Å². The van der Waals surface area contributed by atoms with E-state index in [1.165, 1.54) is 0 Å². The average Bonchev–Trinajstić information content (AvgIpc) is 3.21. The fourth-order valence-corrected chi connectivity index (χ4v) is 2.74. The Bertz CT molecular complexity index is 626. The van der Waals surface area contributed by atoms with Crippen LogP contribution in [-0.4, -0.2) is 63.9 Å². The highest BCUT2D eigenvalue weighted by atomic mass is 16.5. The fraction of sp³-hybridized carbons (Fsp3) is 0.533. The topological polar surface area (TPSA) is 74.7 Å². The highest BCUT2D eigenvalue weighted by Gasteiger charge is 2.20. The molecule has 1 aliphatic heterocycles. The summed E-state index contributed by atoms with van der Waals surface area (Å²) in [5.74, 6) is 0.940. The Kier molecular flexibility index (Phi) is 4.92. The summed E-state index contributed by atoms with van der Waals surface area (Å²) in [6.07, 6.45) is 5.50. The predicted octanol–water partition coefficient (Wildman–Crippen LogP) is 0.301. The van der Waals surface area contributed by atoms with Gasteiger partial charge in [0.1, 0.15) is 6.26 Å². The zero-order valence-corrected chi connectivity index (χ0v) is 13.6. The molecule has 1 aliphatic rings. The van der Waals surface area contributed by atoms with E-state index in [4.69, 9.17) is 4.52 Å². The van der Waals surface area contributed by atoms with Gasteiger partial charge in [-0.3, -0.25) is 14.6 Å². The van der Waals surface area contributed by atoms with Crippen LogP contribution < -0.4 is 5.32 Å². The van der Waals surface area contributed by atoms with Crippen molar-refractivity contribution >= 4 is 5.96 Å². The average molecular weight is 317 g/mol. The van der Waals surface area contributed by atoms with Crippen LogP contribution >= 0.6 is 0 Å². The van der Waals surface area contributed by atoms with Crippen molar-refractivity contribution in [1.82, 2.24) is 30.1 Å². The van der Waals surface area contributed by atoms with Gasteiger partial charge in [-0.05, 0) is 0 Å². The molecule has 0 radical (unpaired) electrons. The summed E-state index contributed by atoms with van der Waals surface area (Å²) in [6, 6.07) is 1.92. The minimum absolute atomic E-state index is 0.736. The first-order valence-electron chi connectivity index (χ1n) is 7.79. The van der Waals surface area contributed by atoms with E-state index < -0.39 is 0 Å². The van der Waals surface area contributed by atoms with Crippen LogP contribution in [0.2, 0.25) is 0 Å². The zero-order chi connectivity index (χ0) is 16.1. The number of aliphatic imine (C=N–C) groups is 1. The number of rotatable bonds is 4. The molecule has 2 aromatic heterocycles. The van der Waals surface area contributed by atoms with E-state index in [1.807, 2.05) is 37.2 Å². The lowest BCUT2D eigenvalue weighted by Gasteiger charge is -2.36. The van der Waals surface area contributed by atoms with Crippen molar-refractivity contribution < 1.29 is 4.52 Å². The Labute approximate surface area is 135 Å². The lowest BCUT2D eigenvalue weighted by atomic mass is 10.3. The number of aromatic nitrogens is 3. The SMILES string of the molecule is CN=C(NCc1cnn(C)c1)N1CCN(Cc2ccon2)CC1. The van der Waals surface area contributed by atoms with E-state index in [0.29, 0.717) is 0 Å². The largest absolute Gasteiger partial charge is 0.364 e. The molecule has 8 heteroatoms. The van der Waals surface area contributed by atoms with E-state index in [0.717, 1.165) is 56.5 Å². The van der Waals surface area contributed by atoms with Gasteiger partial charge >= 0.3 is 0 Å². The molecule has 1 saturated heterocycles. The molecule has 0 atom stereocenters. The number of hydrogen-bond acceptors (Lipinski definition) is 5. The minimum atomic E-state index is 0.736. The summed E-state index contributed by atoms with van der Waals surface area (Å²) in [6.45, 7) is 5.45. The maximum Gasteiger partial charge on any atom is 0.194 e. The van der Waals surface area contributed by atoms with Crippen molar-refractivity contribution in [1.29, 1.82) is 0 Å². The van der Waals surface area contributed by atoms with E-state index in [2.05, 4.69) is 30.4 Å². The first-order chi connectivity index (χ1) is 11.2. The molecule has 0 spiro atoms. The van der Waals surface area contributed by atoms with Crippen molar-refractivity contribution in [3.05, 3.63) is 36.0 Å². The number of nitrogens with zero attached hydrogens (tertiary/aromatic N) is 6. The van der Waals surface area contributed by atoms with Gasteiger partial charge in [0.05, 0.1) is 11.9 Å². The van der Waals surface area contributed by atoms with Crippen molar-refractivity contribution in [2.45, 2.75) is 13.1 Å². The molecule has 0 aliphatic carbocycles. The molecule has 0 saturated carbocycles. The minimum Gasteiger partial charge on any atom is -0.364 e. The number of piperazine rings is 1. The lowest BCUT2D eigenvalue weighted by molar-refractivity contribution is 0.169. The Morgan fingerprint density at radius 2 is 2.17 bits per heavy atom. The lowest BCUT2D eigenvalue weighted by Crippen LogP contribution is -2.52.